The number of carbonyl (C=O) groups is 1. The maximum atomic E-state index is 13.0. The molecule has 0 radical (unpaired) electrons. The summed E-state index contributed by atoms with van der Waals surface area (Å²) in [6.07, 6.45) is -2.08. The van der Waals surface area contributed by atoms with Crippen molar-refractivity contribution in [3.8, 4) is 5.75 Å². The van der Waals surface area contributed by atoms with Gasteiger partial charge in [0, 0.05) is 0 Å². The first kappa shape index (κ1) is 18.6. The van der Waals surface area contributed by atoms with Crippen LogP contribution in [0.4, 0.5) is 13.2 Å². The lowest BCUT2D eigenvalue weighted by Crippen LogP contribution is -2.40. The van der Waals surface area contributed by atoms with E-state index in [0.717, 1.165) is 12.6 Å². The lowest BCUT2D eigenvalue weighted by Gasteiger charge is -2.21. The third kappa shape index (κ3) is 6.03. The number of hydrogen-bond acceptors (Lipinski definition) is 3. The van der Waals surface area contributed by atoms with E-state index < -0.39 is 17.8 Å². The molecule has 1 amide bonds. The van der Waals surface area contributed by atoms with Gasteiger partial charge in [-0.2, -0.15) is 13.2 Å². The first-order valence-electron chi connectivity index (χ1n) is 8.20. The van der Waals surface area contributed by atoms with Gasteiger partial charge >= 0.3 is 6.18 Å². The molecule has 0 aromatic heterocycles. The summed E-state index contributed by atoms with van der Waals surface area (Å²) in [5.74, 6) is 0.295. The van der Waals surface area contributed by atoms with Crippen LogP contribution >= 0.6 is 0 Å². The van der Waals surface area contributed by atoms with Gasteiger partial charge in [-0.3, -0.25) is 4.79 Å². The molecule has 2 N–H and O–H groups in total. The van der Waals surface area contributed by atoms with Crippen LogP contribution in [0.2, 0.25) is 0 Å². The molecule has 0 aliphatic heterocycles. The first-order valence-corrected chi connectivity index (χ1v) is 8.20. The molecule has 1 atom stereocenters. The Morgan fingerprint density at radius 1 is 1.33 bits per heavy atom. The number of para-hydroxylation sites is 1. The van der Waals surface area contributed by atoms with Crippen molar-refractivity contribution in [2.75, 3.05) is 19.6 Å². The summed E-state index contributed by atoms with van der Waals surface area (Å²) in [5.41, 5.74) is -0.805. The quantitative estimate of drug-likeness (QED) is 0.724. The second-order valence-corrected chi connectivity index (χ2v) is 6.02. The molecule has 1 fully saturated rings. The third-order valence-electron chi connectivity index (χ3n) is 3.88. The number of hydrogen-bond donors (Lipinski definition) is 2. The van der Waals surface area contributed by atoms with E-state index in [1.807, 2.05) is 0 Å². The van der Waals surface area contributed by atoms with Crippen molar-refractivity contribution in [1.82, 2.24) is 10.6 Å². The summed E-state index contributed by atoms with van der Waals surface area (Å²) < 4.78 is 44.4. The zero-order chi connectivity index (χ0) is 17.6. The van der Waals surface area contributed by atoms with Crippen LogP contribution in [-0.4, -0.2) is 31.6 Å². The molecule has 1 aliphatic rings. The van der Waals surface area contributed by atoms with E-state index in [1.54, 1.807) is 6.92 Å². The summed E-state index contributed by atoms with van der Waals surface area (Å²) in [6.45, 7) is 3.02. The van der Waals surface area contributed by atoms with E-state index >= 15 is 0 Å². The van der Waals surface area contributed by atoms with E-state index in [0.29, 0.717) is 12.3 Å². The summed E-state index contributed by atoms with van der Waals surface area (Å²) in [6, 6.07) is 5.11. The SMILES string of the molecule is CCC(CNC(=O)CNCC1CC1)Oc1ccccc1C(F)(F)F. The fraction of sp³-hybridized carbons (Fsp3) is 0.588. The lowest BCUT2D eigenvalue weighted by atomic mass is 10.2. The molecule has 1 aromatic rings. The molecular formula is C17H23F3N2O2. The number of nitrogens with one attached hydrogen (secondary N) is 2. The van der Waals surface area contributed by atoms with Gasteiger partial charge in [0.2, 0.25) is 5.91 Å². The van der Waals surface area contributed by atoms with Gasteiger partial charge in [-0.05, 0) is 43.9 Å². The van der Waals surface area contributed by atoms with Crippen LogP contribution in [-0.2, 0) is 11.0 Å². The van der Waals surface area contributed by atoms with Crippen molar-refractivity contribution in [2.45, 2.75) is 38.5 Å². The molecule has 1 unspecified atom stereocenters. The van der Waals surface area contributed by atoms with Gasteiger partial charge in [-0.1, -0.05) is 19.1 Å². The molecule has 1 aliphatic carbocycles. The Kier molecular flexibility index (Phi) is 6.48. The molecule has 0 bridgehead atoms. The van der Waals surface area contributed by atoms with Crippen LogP contribution in [0.15, 0.2) is 24.3 Å². The predicted octanol–water partition coefficient (Wildman–Crippen LogP) is 2.98. The molecule has 1 aromatic carbocycles. The Bertz CT molecular complexity index is 545. The molecule has 134 valence electrons. The standard InChI is InChI=1S/C17H23F3N2O2/c1-2-13(10-22-16(23)11-21-9-12-7-8-12)24-15-6-4-3-5-14(15)17(18,19)20/h3-6,12-13,21H,2,7-11H2,1H3,(H,22,23). The Morgan fingerprint density at radius 2 is 2.04 bits per heavy atom. The highest BCUT2D eigenvalue weighted by Crippen LogP contribution is 2.36. The van der Waals surface area contributed by atoms with Crippen LogP contribution in [0.5, 0.6) is 5.75 Å². The van der Waals surface area contributed by atoms with E-state index in [2.05, 4.69) is 10.6 Å². The molecule has 7 heteroatoms. The van der Waals surface area contributed by atoms with Crippen LogP contribution in [0.1, 0.15) is 31.7 Å². The molecular weight excluding hydrogens is 321 g/mol. The van der Waals surface area contributed by atoms with Crippen molar-refractivity contribution < 1.29 is 22.7 Å². The van der Waals surface area contributed by atoms with Crippen LogP contribution < -0.4 is 15.4 Å². The third-order valence-corrected chi connectivity index (χ3v) is 3.88. The summed E-state index contributed by atoms with van der Waals surface area (Å²) in [7, 11) is 0. The average molecular weight is 344 g/mol. The van der Waals surface area contributed by atoms with Crippen molar-refractivity contribution in [3.63, 3.8) is 0 Å². The summed E-state index contributed by atoms with van der Waals surface area (Å²) in [5, 5.41) is 5.76. The summed E-state index contributed by atoms with van der Waals surface area (Å²) in [4.78, 5) is 11.7. The largest absolute Gasteiger partial charge is 0.488 e. The Morgan fingerprint density at radius 3 is 2.67 bits per heavy atom. The number of rotatable bonds is 9. The second-order valence-electron chi connectivity index (χ2n) is 6.02. The van der Waals surface area contributed by atoms with Gasteiger partial charge < -0.3 is 15.4 Å². The van der Waals surface area contributed by atoms with E-state index in [9.17, 15) is 18.0 Å². The minimum Gasteiger partial charge on any atom is -0.488 e. The maximum Gasteiger partial charge on any atom is 0.419 e. The maximum absolute atomic E-state index is 13.0. The van der Waals surface area contributed by atoms with Crippen LogP contribution in [0.25, 0.3) is 0 Å². The molecule has 24 heavy (non-hydrogen) atoms. The van der Waals surface area contributed by atoms with Crippen LogP contribution in [0.3, 0.4) is 0 Å². The first-order chi connectivity index (χ1) is 11.4. The number of halogens is 3. The molecule has 2 rings (SSSR count). The highest BCUT2D eigenvalue weighted by Gasteiger charge is 2.34. The molecule has 4 nitrogen and oxygen atoms in total. The number of amides is 1. The highest BCUT2D eigenvalue weighted by molar-refractivity contribution is 5.78. The van der Waals surface area contributed by atoms with Crippen molar-refractivity contribution >= 4 is 5.91 Å². The minimum atomic E-state index is -4.47. The average Bonchev–Trinajstić information content (AvgIpc) is 3.35. The predicted molar refractivity (Wildman–Crippen MR) is 84.8 cm³/mol. The van der Waals surface area contributed by atoms with Gasteiger partial charge in [0.15, 0.2) is 0 Å². The fourth-order valence-corrected chi connectivity index (χ4v) is 2.25. The molecule has 0 saturated heterocycles. The number of benzene rings is 1. The van der Waals surface area contributed by atoms with Gasteiger partial charge in [0.1, 0.15) is 11.9 Å². The minimum absolute atomic E-state index is 0.173. The molecule has 0 heterocycles. The van der Waals surface area contributed by atoms with Gasteiger partial charge in [-0.25, -0.2) is 0 Å². The summed E-state index contributed by atoms with van der Waals surface area (Å²) >= 11 is 0. The zero-order valence-corrected chi connectivity index (χ0v) is 13.7. The van der Waals surface area contributed by atoms with Gasteiger partial charge in [0.25, 0.3) is 0 Å². The fourth-order valence-electron chi connectivity index (χ4n) is 2.25. The van der Waals surface area contributed by atoms with E-state index in [4.69, 9.17) is 4.74 Å². The monoisotopic (exact) mass is 344 g/mol. The van der Waals surface area contributed by atoms with E-state index in [-0.39, 0.29) is 24.7 Å². The number of ether oxygens (including phenoxy) is 1. The molecule has 0 spiro atoms. The molecule has 1 saturated carbocycles. The Hall–Kier alpha value is -1.76. The Balaban J connectivity index is 1.82. The van der Waals surface area contributed by atoms with Crippen molar-refractivity contribution in [3.05, 3.63) is 29.8 Å². The number of carbonyl (C=O) groups excluding carboxylic acids is 1. The van der Waals surface area contributed by atoms with Crippen molar-refractivity contribution in [2.24, 2.45) is 5.92 Å². The van der Waals surface area contributed by atoms with Crippen molar-refractivity contribution in [1.29, 1.82) is 0 Å². The smallest absolute Gasteiger partial charge is 0.419 e. The second kappa shape index (κ2) is 8.37. The van der Waals surface area contributed by atoms with Crippen LogP contribution in [0, 0.1) is 5.92 Å². The lowest BCUT2D eigenvalue weighted by molar-refractivity contribution is -0.139. The van der Waals surface area contributed by atoms with Gasteiger partial charge in [0.05, 0.1) is 18.7 Å². The zero-order valence-electron chi connectivity index (χ0n) is 13.7. The number of alkyl halides is 3. The highest BCUT2D eigenvalue weighted by atomic mass is 19.4. The normalized spacial score (nSPS) is 15.8. The van der Waals surface area contributed by atoms with Gasteiger partial charge in [-0.15, -0.1) is 0 Å². The topological polar surface area (TPSA) is 50.4 Å². The Labute approximate surface area is 139 Å². The van der Waals surface area contributed by atoms with E-state index in [1.165, 1.54) is 31.0 Å².